The van der Waals surface area contributed by atoms with E-state index in [9.17, 15) is 19.2 Å². The molecular weight excluding hydrogens is 506 g/mol. The van der Waals surface area contributed by atoms with E-state index in [-0.39, 0.29) is 18.4 Å². The van der Waals surface area contributed by atoms with Gasteiger partial charge in [0.15, 0.2) is 0 Å². The fourth-order valence-electron chi connectivity index (χ4n) is 3.88. The van der Waals surface area contributed by atoms with Gasteiger partial charge in [-0.25, -0.2) is 4.79 Å². The van der Waals surface area contributed by atoms with E-state index in [1.165, 1.54) is 0 Å². The Balaban J connectivity index is 2.04. The molecule has 0 saturated carbocycles. The van der Waals surface area contributed by atoms with Gasteiger partial charge in [0.1, 0.15) is 25.0 Å². The highest BCUT2D eigenvalue weighted by atomic mass is 35.5. The molecule has 0 fully saturated rings. The Kier molecular flexibility index (Phi) is 12.8. The topological polar surface area (TPSA) is 114 Å². The van der Waals surface area contributed by atoms with Crippen molar-refractivity contribution in [2.24, 2.45) is 11.8 Å². The Morgan fingerprint density at radius 3 is 1.89 bits per heavy atom. The molecule has 0 bridgehead atoms. The number of benzene rings is 2. The number of halogens is 1. The van der Waals surface area contributed by atoms with E-state index < -0.39 is 36.0 Å². The van der Waals surface area contributed by atoms with Gasteiger partial charge in [-0.3, -0.25) is 9.59 Å². The second-order valence-electron chi connectivity index (χ2n) is 10.2. The average molecular weight is 544 g/mol. The molecule has 8 nitrogen and oxygen atoms in total. The van der Waals surface area contributed by atoms with Crippen molar-refractivity contribution in [2.45, 2.75) is 71.7 Å². The second kappa shape index (κ2) is 15.8. The van der Waals surface area contributed by atoms with Gasteiger partial charge in [-0.15, -0.1) is 0 Å². The predicted molar refractivity (Wildman–Crippen MR) is 148 cm³/mol. The molecule has 0 radical (unpaired) electrons. The van der Waals surface area contributed by atoms with Crippen molar-refractivity contribution in [2.75, 3.05) is 0 Å². The summed E-state index contributed by atoms with van der Waals surface area (Å²) in [5.74, 6) is -0.773. The van der Waals surface area contributed by atoms with Crippen LogP contribution in [0.5, 0.6) is 0 Å². The molecule has 38 heavy (non-hydrogen) atoms. The minimum absolute atomic E-state index is 0.0712. The standard InChI is InChI=1S/C29H38ClN3O5/c1-19(2)14-25(27(35)31-24(17-34)16-21-10-12-23(30)13-11-21)32-28(36)26(15-20(3)4)33-29(37)38-18-22-8-6-5-7-9-22/h5-13,17,19-20,24-26H,14-16,18H2,1-4H3,(H,31,35)(H,32,36)(H,33,37)/t24-,25-,26-/m0/s1. The molecule has 3 amide bonds. The summed E-state index contributed by atoms with van der Waals surface area (Å²) in [6.45, 7) is 7.80. The minimum Gasteiger partial charge on any atom is -0.445 e. The van der Waals surface area contributed by atoms with Crippen LogP contribution in [0.15, 0.2) is 54.6 Å². The fraction of sp³-hybridized carbons (Fsp3) is 0.448. The lowest BCUT2D eigenvalue weighted by Gasteiger charge is -2.26. The van der Waals surface area contributed by atoms with Crippen LogP contribution in [0, 0.1) is 11.8 Å². The first kappa shape index (κ1) is 30.8. The van der Waals surface area contributed by atoms with E-state index in [0.717, 1.165) is 11.1 Å². The Morgan fingerprint density at radius 1 is 0.789 bits per heavy atom. The van der Waals surface area contributed by atoms with E-state index in [1.54, 1.807) is 24.3 Å². The molecule has 0 aliphatic rings. The van der Waals surface area contributed by atoms with Crippen molar-refractivity contribution in [1.82, 2.24) is 16.0 Å². The molecule has 0 aromatic heterocycles. The largest absolute Gasteiger partial charge is 0.445 e. The molecule has 9 heteroatoms. The van der Waals surface area contributed by atoms with Crippen LogP contribution in [0.4, 0.5) is 4.79 Å². The first-order valence-electron chi connectivity index (χ1n) is 12.8. The number of alkyl carbamates (subject to hydrolysis) is 1. The van der Waals surface area contributed by atoms with Gasteiger partial charge in [0.2, 0.25) is 11.8 Å². The molecule has 0 spiro atoms. The zero-order valence-electron chi connectivity index (χ0n) is 22.4. The molecule has 2 aromatic rings. The molecule has 2 rings (SSSR count). The summed E-state index contributed by atoms with van der Waals surface area (Å²) in [5, 5.41) is 8.72. The van der Waals surface area contributed by atoms with Gasteiger partial charge in [0.05, 0.1) is 6.04 Å². The summed E-state index contributed by atoms with van der Waals surface area (Å²) < 4.78 is 5.28. The van der Waals surface area contributed by atoms with Gasteiger partial charge in [-0.2, -0.15) is 0 Å². The van der Waals surface area contributed by atoms with Crippen LogP contribution in [0.2, 0.25) is 5.02 Å². The normalized spacial score (nSPS) is 13.3. The molecule has 3 atom stereocenters. The molecular formula is C29H38ClN3O5. The summed E-state index contributed by atoms with van der Waals surface area (Å²) in [7, 11) is 0. The van der Waals surface area contributed by atoms with Crippen molar-refractivity contribution in [3.8, 4) is 0 Å². The van der Waals surface area contributed by atoms with E-state index in [4.69, 9.17) is 16.3 Å². The summed E-state index contributed by atoms with van der Waals surface area (Å²) in [5.41, 5.74) is 1.66. The third-order valence-electron chi connectivity index (χ3n) is 5.73. The van der Waals surface area contributed by atoms with Crippen molar-refractivity contribution >= 4 is 35.8 Å². The maximum atomic E-state index is 13.2. The highest BCUT2D eigenvalue weighted by Gasteiger charge is 2.29. The third kappa shape index (κ3) is 11.3. The van der Waals surface area contributed by atoms with Crippen molar-refractivity contribution < 1.29 is 23.9 Å². The van der Waals surface area contributed by atoms with Crippen LogP contribution in [0.1, 0.15) is 51.7 Å². The Bertz CT molecular complexity index is 1040. The zero-order chi connectivity index (χ0) is 28.1. The summed E-state index contributed by atoms with van der Waals surface area (Å²) >= 11 is 5.93. The van der Waals surface area contributed by atoms with Crippen LogP contribution >= 0.6 is 11.6 Å². The molecule has 3 N–H and O–H groups in total. The predicted octanol–water partition coefficient (Wildman–Crippen LogP) is 4.44. The quantitative estimate of drug-likeness (QED) is 0.305. The van der Waals surface area contributed by atoms with E-state index in [2.05, 4.69) is 16.0 Å². The third-order valence-corrected chi connectivity index (χ3v) is 5.98. The summed E-state index contributed by atoms with van der Waals surface area (Å²) in [6, 6.07) is 13.7. The maximum Gasteiger partial charge on any atom is 0.408 e. The summed E-state index contributed by atoms with van der Waals surface area (Å²) in [6.07, 6.45) is 0.961. The van der Waals surface area contributed by atoms with Gasteiger partial charge in [0.25, 0.3) is 0 Å². The second-order valence-corrected chi connectivity index (χ2v) is 10.6. The highest BCUT2D eigenvalue weighted by molar-refractivity contribution is 6.30. The van der Waals surface area contributed by atoms with Crippen molar-refractivity contribution in [1.29, 1.82) is 0 Å². The Hall–Kier alpha value is -3.39. The van der Waals surface area contributed by atoms with Crippen LogP contribution in [-0.4, -0.2) is 42.3 Å². The molecule has 206 valence electrons. The van der Waals surface area contributed by atoms with E-state index in [1.807, 2.05) is 58.0 Å². The van der Waals surface area contributed by atoms with Crippen molar-refractivity contribution in [3.63, 3.8) is 0 Å². The smallest absolute Gasteiger partial charge is 0.408 e. The van der Waals surface area contributed by atoms with Gasteiger partial charge >= 0.3 is 6.09 Å². The zero-order valence-corrected chi connectivity index (χ0v) is 23.2. The van der Waals surface area contributed by atoms with Gasteiger partial charge < -0.3 is 25.5 Å². The van der Waals surface area contributed by atoms with Gasteiger partial charge in [-0.1, -0.05) is 81.8 Å². The first-order valence-corrected chi connectivity index (χ1v) is 13.2. The number of hydrogen-bond acceptors (Lipinski definition) is 5. The van der Waals surface area contributed by atoms with Crippen molar-refractivity contribution in [3.05, 3.63) is 70.7 Å². The highest BCUT2D eigenvalue weighted by Crippen LogP contribution is 2.12. The van der Waals surface area contributed by atoms with Crippen LogP contribution in [0.25, 0.3) is 0 Å². The number of ether oxygens (including phenoxy) is 1. The Labute approximate surface area is 229 Å². The molecule has 0 saturated heterocycles. The van der Waals surface area contributed by atoms with Gasteiger partial charge in [0, 0.05) is 5.02 Å². The number of nitrogens with one attached hydrogen (secondary N) is 3. The lowest BCUT2D eigenvalue weighted by molar-refractivity contribution is -0.131. The van der Waals surface area contributed by atoms with E-state index in [0.29, 0.717) is 30.6 Å². The SMILES string of the molecule is CC(C)C[C@H](NC(=O)OCc1ccccc1)C(=O)N[C@@H](CC(C)C)C(=O)N[C@H](C=O)Cc1ccc(Cl)cc1. The lowest BCUT2D eigenvalue weighted by Crippen LogP contribution is -2.55. The lowest BCUT2D eigenvalue weighted by atomic mass is 9.99. The minimum atomic E-state index is -0.892. The number of carbonyl (C=O) groups is 4. The van der Waals surface area contributed by atoms with Crippen LogP contribution in [0.3, 0.4) is 0 Å². The van der Waals surface area contributed by atoms with E-state index >= 15 is 0 Å². The number of aldehydes is 1. The monoisotopic (exact) mass is 543 g/mol. The van der Waals surface area contributed by atoms with Crippen LogP contribution in [-0.2, 0) is 32.1 Å². The number of hydrogen-bond donors (Lipinski definition) is 3. The molecule has 0 aliphatic heterocycles. The van der Waals surface area contributed by atoms with Crippen LogP contribution < -0.4 is 16.0 Å². The molecule has 0 heterocycles. The molecule has 0 unspecified atom stereocenters. The fourth-order valence-corrected chi connectivity index (χ4v) is 4.00. The molecule has 0 aliphatic carbocycles. The van der Waals surface area contributed by atoms with Gasteiger partial charge in [-0.05, 0) is 54.4 Å². The number of carbonyl (C=O) groups excluding carboxylic acids is 4. The number of rotatable bonds is 14. The molecule has 2 aromatic carbocycles. The average Bonchev–Trinajstić information content (AvgIpc) is 2.87. The summed E-state index contributed by atoms with van der Waals surface area (Å²) in [4.78, 5) is 50.5. The Morgan fingerprint density at radius 2 is 1.34 bits per heavy atom. The first-order chi connectivity index (χ1) is 18.1. The number of amides is 3. The maximum absolute atomic E-state index is 13.2.